The van der Waals surface area contributed by atoms with Gasteiger partial charge < -0.3 is 24.8 Å². The van der Waals surface area contributed by atoms with E-state index in [-0.39, 0.29) is 24.8 Å². The molecule has 0 spiro atoms. The Hall–Kier alpha value is -0.231. The van der Waals surface area contributed by atoms with Crippen LogP contribution in [0.1, 0.15) is 15.9 Å². The van der Waals surface area contributed by atoms with E-state index in [1.54, 1.807) is 10.8 Å². The summed E-state index contributed by atoms with van der Waals surface area (Å²) in [7, 11) is -0.763. The fourth-order valence-electron chi connectivity index (χ4n) is 2.74. The summed E-state index contributed by atoms with van der Waals surface area (Å²) in [5, 5.41) is 1.61. The van der Waals surface area contributed by atoms with Crippen LogP contribution in [0, 0.1) is 0 Å². The van der Waals surface area contributed by atoms with E-state index in [4.69, 9.17) is 0 Å². The van der Waals surface area contributed by atoms with Gasteiger partial charge in [-0.05, 0) is 0 Å². The summed E-state index contributed by atoms with van der Waals surface area (Å²) >= 11 is 3.37. The maximum absolute atomic E-state index is 3.37. The minimum Gasteiger partial charge on any atom is -1.00 e. The van der Waals surface area contributed by atoms with Crippen LogP contribution in [-0.2, 0) is 16.3 Å². The van der Waals surface area contributed by atoms with Crippen molar-refractivity contribution < 1.29 is 41.1 Å². The zero-order chi connectivity index (χ0) is 12.0. The first kappa shape index (κ1) is 16.8. The van der Waals surface area contributed by atoms with Crippen LogP contribution in [0.3, 0.4) is 0 Å². The summed E-state index contributed by atoms with van der Waals surface area (Å²) in [6, 6.07) is 15.6. The first-order valence-electron chi connectivity index (χ1n) is 6.08. The van der Waals surface area contributed by atoms with Crippen LogP contribution in [-0.4, -0.2) is 8.80 Å². The Morgan fingerprint density at radius 3 is 2.21 bits per heavy atom. The molecule has 0 fully saturated rings. The van der Waals surface area contributed by atoms with Gasteiger partial charge in [0.2, 0.25) is 0 Å². The minimum atomic E-state index is -0.763. The van der Waals surface area contributed by atoms with Gasteiger partial charge in [-0.25, -0.2) is 0 Å². The van der Waals surface area contributed by atoms with E-state index in [0.29, 0.717) is 4.78 Å². The molecule has 0 aliphatic heterocycles. The predicted octanol–water partition coefficient (Wildman–Crippen LogP) is -3.00. The topological polar surface area (TPSA) is 0 Å². The van der Waals surface area contributed by atoms with E-state index in [9.17, 15) is 0 Å². The molecule has 1 aliphatic rings. The van der Waals surface area contributed by atoms with E-state index < -0.39 is 8.80 Å². The molecule has 0 bridgehead atoms. The van der Waals surface area contributed by atoms with Crippen LogP contribution in [0.4, 0.5) is 0 Å². The van der Waals surface area contributed by atoms with Crippen molar-refractivity contribution >= 4 is 14.0 Å². The first-order valence-corrected chi connectivity index (χ1v) is 9.70. The summed E-state index contributed by atoms with van der Waals surface area (Å²) in [4.78, 5) is 0. The molecule has 1 aliphatic carbocycles. The Bertz CT molecular complexity index is 584. The molecule has 0 aromatic heterocycles. The molecule has 0 saturated heterocycles. The van der Waals surface area contributed by atoms with Gasteiger partial charge in [0.25, 0.3) is 0 Å². The van der Waals surface area contributed by atoms with Gasteiger partial charge in [0.05, 0.1) is 0 Å². The molecular weight excluding hydrogens is 331 g/mol. The van der Waals surface area contributed by atoms with E-state index in [1.807, 2.05) is 0 Å². The number of hydrogen-bond donors (Lipinski definition) is 0. The zero-order valence-corrected chi connectivity index (χ0v) is 14.8. The maximum atomic E-state index is 3.37. The first-order chi connectivity index (χ1) is 8.20. The average Bonchev–Trinajstić information content (AvgIpc) is 2.64. The molecule has 2 aromatic rings. The van der Waals surface area contributed by atoms with E-state index in [2.05, 4.69) is 71.8 Å². The number of halogens is 2. The average molecular weight is 346 g/mol. The molecule has 2 aromatic carbocycles. The molecule has 0 saturated carbocycles. The second-order valence-electron chi connectivity index (χ2n) is 4.93. The standard InChI is InChI=1S/C15H15Si.2ClH.Cr/c1-16(2)15-9-5-8-13-12-7-4-3-6-11(12)10-14(13)15;;;/h3-10,16H,1-2H3;2*1H;/q;;;+2/p-2. The van der Waals surface area contributed by atoms with Crippen molar-refractivity contribution in [3.05, 3.63) is 53.6 Å². The second-order valence-corrected chi connectivity index (χ2v) is 8.60. The molecule has 19 heavy (non-hydrogen) atoms. The number of fused-ring (bicyclic) bond motifs is 3. The number of rotatable bonds is 1. The van der Waals surface area contributed by atoms with Crippen molar-refractivity contribution in [3.8, 4) is 11.1 Å². The van der Waals surface area contributed by atoms with Crippen molar-refractivity contribution in [1.82, 2.24) is 0 Å². The van der Waals surface area contributed by atoms with Gasteiger partial charge in [-0.3, -0.25) is 0 Å². The fourth-order valence-corrected chi connectivity index (χ4v) is 5.11. The van der Waals surface area contributed by atoms with Crippen LogP contribution in [0.25, 0.3) is 11.1 Å². The van der Waals surface area contributed by atoms with Gasteiger partial charge in [0, 0.05) is 0 Å². The van der Waals surface area contributed by atoms with Crippen molar-refractivity contribution in [2.45, 2.75) is 17.9 Å². The second kappa shape index (κ2) is 6.48. The summed E-state index contributed by atoms with van der Waals surface area (Å²) < 4.78 is 0.451. The van der Waals surface area contributed by atoms with Gasteiger partial charge in [-0.1, -0.05) is 0 Å². The number of hydrogen-bond acceptors (Lipinski definition) is 0. The van der Waals surface area contributed by atoms with E-state index in [1.165, 1.54) is 16.7 Å². The summed E-state index contributed by atoms with van der Waals surface area (Å²) in [6.07, 6.45) is 0. The third-order valence-electron chi connectivity index (χ3n) is 3.56. The molecule has 99 valence electrons. The summed E-state index contributed by atoms with van der Waals surface area (Å²) in [5.74, 6) is 0. The Labute approximate surface area is 137 Å². The predicted molar refractivity (Wildman–Crippen MR) is 72.2 cm³/mol. The van der Waals surface area contributed by atoms with Crippen molar-refractivity contribution in [3.63, 3.8) is 0 Å². The Morgan fingerprint density at radius 1 is 0.895 bits per heavy atom. The Morgan fingerprint density at radius 2 is 1.53 bits per heavy atom. The fraction of sp³-hybridized carbons (Fsp3) is 0.200. The molecule has 0 nitrogen and oxygen atoms in total. The molecule has 4 heteroatoms. The van der Waals surface area contributed by atoms with Gasteiger partial charge >= 0.3 is 113 Å². The van der Waals surface area contributed by atoms with Crippen molar-refractivity contribution in [2.75, 3.05) is 0 Å². The smallest absolute Gasteiger partial charge is 1.00 e. The van der Waals surface area contributed by atoms with Crippen LogP contribution in [0.15, 0.2) is 42.5 Å². The summed E-state index contributed by atoms with van der Waals surface area (Å²) in [5.41, 5.74) is 5.87. The van der Waals surface area contributed by atoms with Crippen LogP contribution in [0.5, 0.6) is 0 Å². The molecule has 0 N–H and O–H groups in total. The van der Waals surface area contributed by atoms with Crippen molar-refractivity contribution in [2.24, 2.45) is 0 Å². The summed E-state index contributed by atoms with van der Waals surface area (Å²) in [6.45, 7) is 4.82. The van der Waals surface area contributed by atoms with Gasteiger partial charge in [-0.2, -0.15) is 0 Å². The number of benzene rings is 2. The Kier molecular flexibility index (Phi) is 5.74. The Balaban J connectivity index is 0.000000902. The van der Waals surface area contributed by atoms with Crippen LogP contribution < -0.4 is 30.0 Å². The normalized spacial score (nSPS) is 15.2. The monoisotopic (exact) mass is 345 g/mol. The molecule has 3 rings (SSSR count). The third kappa shape index (κ3) is 2.66. The van der Waals surface area contributed by atoms with Gasteiger partial charge in [0.1, 0.15) is 0 Å². The maximum Gasteiger partial charge on any atom is -1.00 e. The van der Waals surface area contributed by atoms with Gasteiger partial charge in [0.15, 0.2) is 0 Å². The van der Waals surface area contributed by atoms with E-state index >= 15 is 0 Å². The molecule has 1 atom stereocenters. The quantitative estimate of drug-likeness (QED) is 0.483. The van der Waals surface area contributed by atoms with Gasteiger partial charge in [-0.15, -0.1) is 0 Å². The molecular formula is C15H15Cl2CrSi. The molecule has 1 unspecified atom stereocenters. The van der Waals surface area contributed by atoms with Crippen molar-refractivity contribution in [1.29, 1.82) is 0 Å². The minimum absolute atomic E-state index is 0. The van der Waals surface area contributed by atoms with Crippen LogP contribution in [0.2, 0.25) is 13.1 Å². The largest absolute Gasteiger partial charge is 1.00 e. The molecule has 0 amide bonds. The molecule has 0 heterocycles. The van der Waals surface area contributed by atoms with E-state index in [0.717, 1.165) is 0 Å². The molecule has 0 radical (unpaired) electrons. The zero-order valence-electron chi connectivity index (χ0n) is 10.9. The van der Waals surface area contributed by atoms with Crippen LogP contribution >= 0.6 is 0 Å². The third-order valence-corrected chi connectivity index (χ3v) is 6.07. The SMILES string of the molecule is C[SiH](C)c1cccc2c1[CH]([Cr+2])c1ccccc1-2.[Cl-].[Cl-].